The van der Waals surface area contributed by atoms with E-state index in [1.807, 2.05) is 22.7 Å². The second-order valence-corrected chi connectivity index (χ2v) is 5.53. The first-order valence-electron chi connectivity index (χ1n) is 7.73. The van der Waals surface area contributed by atoms with Crippen molar-refractivity contribution in [1.29, 1.82) is 0 Å². The van der Waals surface area contributed by atoms with E-state index in [1.165, 1.54) is 10.6 Å². The Morgan fingerprint density at radius 2 is 2.04 bits per heavy atom. The quantitative estimate of drug-likeness (QED) is 0.744. The molecule has 2 N–H and O–H groups in total. The highest BCUT2D eigenvalue weighted by Gasteiger charge is 2.20. The number of aromatic nitrogens is 2. The van der Waals surface area contributed by atoms with Gasteiger partial charge >= 0.3 is 5.97 Å². The molecule has 0 radical (unpaired) electrons. The van der Waals surface area contributed by atoms with Crippen LogP contribution in [0.25, 0.3) is 16.8 Å². The predicted molar refractivity (Wildman–Crippen MR) is 91.9 cm³/mol. The van der Waals surface area contributed by atoms with Crippen LogP contribution >= 0.6 is 0 Å². The van der Waals surface area contributed by atoms with E-state index in [0.717, 1.165) is 16.6 Å². The summed E-state index contributed by atoms with van der Waals surface area (Å²) in [5, 5.41) is 0. The van der Waals surface area contributed by atoms with E-state index in [-0.39, 0.29) is 11.5 Å². The molecule has 3 aromatic heterocycles. The number of carbonyl (C=O) groups excluding carboxylic acids is 1. The van der Waals surface area contributed by atoms with Gasteiger partial charge in [0.15, 0.2) is 0 Å². The molecule has 3 rings (SSSR count). The Balaban J connectivity index is 2.29. The van der Waals surface area contributed by atoms with E-state index in [4.69, 9.17) is 10.5 Å². The lowest BCUT2D eigenvalue weighted by Crippen LogP contribution is -2.14. The van der Waals surface area contributed by atoms with E-state index in [2.05, 4.69) is 0 Å². The standard InChI is InChI=1S/C18H19N3O3/c1-3-24-18(23)15-9-14-8-12(10-19)6-7-21(14)17(15)13-4-5-16(22)20(2)11-13/h4-9,11H,3,10,19H2,1-2H3. The molecule has 124 valence electrons. The molecular weight excluding hydrogens is 306 g/mol. The van der Waals surface area contributed by atoms with Crippen LogP contribution in [0.15, 0.2) is 47.5 Å². The third-order valence-electron chi connectivity index (χ3n) is 3.93. The summed E-state index contributed by atoms with van der Waals surface area (Å²) in [4.78, 5) is 24.0. The van der Waals surface area contributed by atoms with Crippen molar-refractivity contribution in [2.24, 2.45) is 12.8 Å². The number of pyridine rings is 2. The van der Waals surface area contributed by atoms with Crippen molar-refractivity contribution in [3.8, 4) is 11.3 Å². The molecule has 24 heavy (non-hydrogen) atoms. The van der Waals surface area contributed by atoms with Gasteiger partial charge < -0.3 is 19.4 Å². The van der Waals surface area contributed by atoms with Gasteiger partial charge in [0.25, 0.3) is 0 Å². The minimum atomic E-state index is -0.389. The first-order valence-corrected chi connectivity index (χ1v) is 7.73. The Labute approximate surface area is 139 Å². The molecule has 0 aliphatic carbocycles. The molecule has 0 aliphatic heterocycles. The maximum Gasteiger partial charge on any atom is 0.340 e. The van der Waals surface area contributed by atoms with Gasteiger partial charge in [0, 0.05) is 43.1 Å². The van der Waals surface area contributed by atoms with Crippen LogP contribution in [0.2, 0.25) is 0 Å². The van der Waals surface area contributed by atoms with E-state index in [1.54, 1.807) is 32.3 Å². The highest BCUT2D eigenvalue weighted by atomic mass is 16.5. The van der Waals surface area contributed by atoms with Gasteiger partial charge in [-0.2, -0.15) is 0 Å². The Hall–Kier alpha value is -2.86. The molecule has 0 fully saturated rings. The lowest BCUT2D eigenvalue weighted by Gasteiger charge is -2.09. The Morgan fingerprint density at radius 1 is 1.25 bits per heavy atom. The zero-order chi connectivity index (χ0) is 17.3. The topological polar surface area (TPSA) is 78.7 Å². The summed E-state index contributed by atoms with van der Waals surface area (Å²) in [5.74, 6) is -0.389. The van der Waals surface area contributed by atoms with Gasteiger partial charge in [-0.1, -0.05) is 0 Å². The number of rotatable bonds is 4. The van der Waals surface area contributed by atoms with Crippen LogP contribution in [0.3, 0.4) is 0 Å². The highest BCUT2D eigenvalue weighted by molar-refractivity contribution is 5.99. The lowest BCUT2D eigenvalue weighted by atomic mass is 10.1. The van der Waals surface area contributed by atoms with E-state index < -0.39 is 0 Å². The zero-order valence-electron chi connectivity index (χ0n) is 13.7. The molecule has 0 amide bonds. The summed E-state index contributed by atoms with van der Waals surface area (Å²) in [6.45, 7) is 2.49. The van der Waals surface area contributed by atoms with Gasteiger partial charge in [-0.15, -0.1) is 0 Å². The summed E-state index contributed by atoms with van der Waals surface area (Å²) < 4.78 is 8.58. The number of hydrogen-bond donors (Lipinski definition) is 1. The molecule has 3 aromatic rings. The van der Waals surface area contributed by atoms with Gasteiger partial charge in [0.1, 0.15) is 0 Å². The van der Waals surface area contributed by atoms with Crippen LogP contribution in [0.1, 0.15) is 22.8 Å². The minimum absolute atomic E-state index is 0.109. The molecule has 0 aliphatic rings. The average molecular weight is 325 g/mol. The number of aryl methyl sites for hydroxylation is 1. The largest absolute Gasteiger partial charge is 0.462 e. The maximum atomic E-state index is 12.4. The number of ether oxygens (including phenoxy) is 1. The highest BCUT2D eigenvalue weighted by Crippen LogP contribution is 2.28. The SMILES string of the molecule is CCOC(=O)c1cc2cc(CN)ccn2c1-c1ccc(=O)n(C)c1. The van der Waals surface area contributed by atoms with Crippen LogP contribution in [0.5, 0.6) is 0 Å². The molecule has 0 atom stereocenters. The van der Waals surface area contributed by atoms with E-state index in [9.17, 15) is 9.59 Å². The van der Waals surface area contributed by atoms with Crippen molar-refractivity contribution in [3.63, 3.8) is 0 Å². The average Bonchev–Trinajstić information content (AvgIpc) is 2.96. The molecule has 0 saturated heterocycles. The zero-order valence-corrected chi connectivity index (χ0v) is 13.7. The van der Waals surface area contributed by atoms with Gasteiger partial charge in [0.05, 0.1) is 17.9 Å². The van der Waals surface area contributed by atoms with E-state index >= 15 is 0 Å². The van der Waals surface area contributed by atoms with Crippen LogP contribution in [0.4, 0.5) is 0 Å². The van der Waals surface area contributed by atoms with Crippen molar-refractivity contribution in [2.75, 3.05) is 6.61 Å². The Bertz CT molecular complexity index is 969. The number of nitrogens with two attached hydrogens (primary N) is 1. The summed E-state index contributed by atoms with van der Waals surface area (Å²) in [6, 6.07) is 8.83. The fourth-order valence-electron chi connectivity index (χ4n) is 2.74. The summed E-state index contributed by atoms with van der Waals surface area (Å²) in [7, 11) is 1.68. The number of esters is 1. The Morgan fingerprint density at radius 3 is 2.71 bits per heavy atom. The van der Waals surface area contributed by atoms with Crippen molar-refractivity contribution >= 4 is 11.5 Å². The van der Waals surface area contributed by atoms with Gasteiger partial charge in [-0.05, 0) is 36.8 Å². The van der Waals surface area contributed by atoms with Crippen LogP contribution in [0, 0.1) is 0 Å². The summed E-state index contributed by atoms with van der Waals surface area (Å²) >= 11 is 0. The fourth-order valence-corrected chi connectivity index (χ4v) is 2.74. The lowest BCUT2D eigenvalue weighted by molar-refractivity contribution is 0.0527. The monoisotopic (exact) mass is 325 g/mol. The molecule has 0 unspecified atom stereocenters. The second-order valence-electron chi connectivity index (χ2n) is 5.53. The molecular formula is C18H19N3O3. The Kier molecular flexibility index (Phi) is 4.22. The van der Waals surface area contributed by atoms with Crippen molar-refractivity contribution < 1.29 is 9.53 Å². The number of carbonyl (C=O) groups is 1. The van der Waals surface area contributed by atoms with Crippen LogP contribution in [-0.4, -0.2) is 21.5 Å². The number of fused-ring (bicyclic) bond motifs is 1. The molecule has 0 spiro atoms. The molecule has 0 bridgehead atoms. The van der Waals surface area contributed by atoms with Gasteiger partial charge in [0.2, 0.25) is 5.56 Å². The minimum Gasteiger partial charge on any atom is -0.462 e. The second kappa shape index (κ2) is 6.33. The van der Waals surface area contributed by atoms with E-state index in [0.29, 0.717) is 24.4 Å². The normalized spacial score (nSPS) is 11.0. The summed E-state index contributed by atoms with van der Waals surface area (Å²) in [6.07, 6.45) is 3.59. The number of hydrogen-bond acceptors (Lipinski definition) is 4. The van der Waals surface area contributed by atoms with Crippen molar-refractivity contribution in [2.45, 2.75) is 13.5 Å². The van der Waals surface area contributed by atoms with Crippen LogP contribution in [-0.2, 0) is 18.3 Å². The van der Waals surface area contributed by atoms with Crippen LogP contribution < -0.4 is 11.3 Å². The molecule has 6 nitrogen and oxygen atoms in total. The third kappa shape index (κ3) is 2.72. The van der Waals surface area contributed by atoms with Crippen molar-refractivity contribution in [1.82, 2.24) is 8.97 Å². The first kappa shape index (κ1) is 16.0. The smallest absolute Gasteiger partial charge is 0.340 e. The third-order valence-corrected chi connectivity index (χ3v) is 3.93. The molecule has 0 aromatic carbocycles. The molecule has 0 saturated carbocycles. The fraction of sp³-hybridized carbons (Fsp3) is 0.222. The van der Waals surface area contributed by atoms with Gasteiger partial charge in [-0.3, -0.25) is 4.79 Å². The first-order chi connectivity index (χ1) is 11.5. The summed E-state index contributed by atoms with van der Waals surface area (Å²) in [5.41, 5.74) is 9.34. The predicted octanol–water partition coefficient (Wildman–Crippen LogP) is 1.94. The number of nitrogens with zero attached hydrogens (tertiary/aromatic N) is 2. The van der Waals surface area contributed by atoms with Crippen molar-refractivity contribution in [3.05, 3.63) is 64.2 Å². The van der Waals surface area contributed by atoms with Gasteiger partial charge in [-0.25, -0.2) is 4.79 Å². The molecule has 3 heterocycles. The maximum absolute atomic E-state index is 12.4. The molecule has 6 heteroatoms.